The Balaban J connectivity index is 1.75. The second-order valence-electron chi connectivity index (χ2n) is 7.47. The van der Waals surface area contributed by atoms with E-state index in [9.17, 15) is 14.7 Å². The predicted octanol–water partition coefficient (Wildman–Crippen LogP) is 3.35. The minimum Gasteiger partial charge on any atom is -0.465 e. The van der Waals surface area contributed by atoms with Gasteiger partial charge in [0.2, 0.25) is 5.91 Å². The topological polar surface area (TPSA) is 89.9 Å². The highest BCUT2D eigenvalue weighted by atomic mass is 35.5. The molecule has 1 aromatic rings. The van der Waals surface area contributed by atoms with Crippen LogP contribution in [0.3, 0.4) is 0 Å². The molecule has 0 bridgehead atoms. The summed E-state index contributed by atoms with van der Waals surface area (Å²) in [5, 5.41) is 22.0. The fourth-order valence-corrected chi connectivity index (χ4v) is 4.48. The Bertz CT molecular complexity index is 707. The smallest absolute Gasteiger partial charge is 0.404 e. The molecule has 1 aliphatic carbocycles. The summed E-state index contributed by atoms with van der Waals surface area (Å²) < 4.78 is 0. The van der Waals surface area contributed by atoms with Gasteiger partial charge in [0.25, 0.3) is 0 Å². The average molecular weight is 415 g/mol. The quantitative estimate of drug-likeness (QED) is 0.704. The van der Waals surface area contributed by atoms with Crippen LogP contribution < -0.4 is 5.32 Å². The van der Waals surface area contributed by atoms with Crippen LogP contribution in [0.4, 0.5) is 4.79 Å². The van der Waals surface area contributed by atoms with E-state index in [1.165, 1.54) is 0 Å². The van der Waals surface area contributed by atoms with Crippen molar-refractivity contribution in [2.24, 2.45) is 11.8 Å². The molecule has 2 aliphatic rings. The number of carbonyl (C=O) groups is 2. The number of nitrogens with zero attached hydrogens (tertiary/aromatic N) is 1. The molecule has 1 heterocycles. The first-order valence-corrected chi connectivity index (χ1v) is 9.99. The average Bonchev–Trinajstić information content (AvgIpc) is 3.06. The Morgan fingerprint density at radius 3 is 2.44 bits per heavy atom. The van der Waals surface area contributed by atoms with Crippen LogP contribution in [0.1, 0.15) is 37.2 Å². The first-order valence-electron chi connectivity index (χ1n) is 9.23. The van der Waals surface area contributed by atoms with Crippen LogP contribution in [0.5, 0.6) is 0 Å². The molecule has 2 fully saturated rings. The summed E-state index contributed by atoms with van der Waals surface area (Å²) in [4.78, 5) is 25.7. The minimum atomic E-state index is -1.08. The number of halogens is 2. The Morgan fingerprint density at radius 1 is 1.11 bits per heavy atom. The van der Waals surface area contributed by atoms with Crippen molar-refractivity contribution in [2.75, 3.05) is 19.6 Å². The fraction of sp³-hybridized carbons (Fsp3) is 0.579. The first-order chi connectivity index (χ1) is 12.8. The lowest BCUT2D eigenvalue weighted by Crippen LogP contribution is -2.37. The molecular formula is C19H24Cl2N2O4. The maximum absolute atomic E-state index is 12.9. The van der Waals surface area contributed by atoms with Gasteiger partial charge >= 0.3 is 6.09 Å². The van der Waals surface area contributed by atoms with E-state index in [4.69, 9.17) is 28.3 Å². The number of amides is 2. The highest BCUT2D eigenvalue weighted by Crippen LogP contribution is 2.37. The molecule has 1 saturated heterocycles. The summed E-state index contributed by atoms with van der Waals surface area (Å²) in [6.45, 7) is 1.30. The lowest BCUT2D eigenvalue weighted by molar-refractivity contribution is -0.136. The number of carbonyl (C=O) groups excluding carboxylic acids is 1. The van der Waals surface area contributed by atoms with Gasteiger partial charge in [-0.3, -0.25) is 4.79 Å². The van der Waals surface area contributed by atoms with E-state index in [1.54, 1.807) is 12.1 Å². The molecule has 0 spiro atoms. The molecule has 27 heavy (non-hydrogen) atoms. The maximum Gasteiger partial charge on any atom is 0.404 e. The third-order valence-electron chi connectivity index (χ3n) is 5.69. The number of hydrogen-bond donors (Lipinski definition) is 3. The van der Waals surface area contributed by atoms with Crippen molar-refractivity contribution in [3.63, 3.8) is 0 Å². The number of benzene rings is 1. The molecule has 2 amide bonds. The molecule has 3 N–H and O–H groups in total. The molecule has 1 aliphatic heterocycles. The van der Waals surface area contributed by atoms with E-state index >= 15 is 0 Å². The number of likely N-dealkylation sites (tertiary alicyclic amines) is 1. The van der Waals surface area contributed by atoms with Gasteiger partial charge in [-0.15, -0.1) is 0 Å². The van der Waals surface area contributed by atoms with Gasteiger partial charge < -0.3 is 20.4 Å². The summed E-state index contributed by atoms with van der Waals surface area (Å²) >= 11 is 12.2. The Hall–Kier alpha value is -1.50. The predicted molar refractivity (Wildman–Crippen MR) is 103 cm³/mol. The van der Waals surface area contributed by atoms with Crippen molar-refractivity contribution in [3.05, 3.63) is 33.8 Å². The van der Waals surface area contributed by atoms with Crippen molar-refractivity contribution in [3.8, 4) is 0 Å². The zero-order chi connectivity index (χ0) is 19.6. The standard InChI is InChI=1S/C19H24Cl2N2O4/c20-16-6-3-12(7-17(16)21)15-10-23(9-13(15)8-22-19(26)27)18(25)11-1-4-14(24)5-2-11/h3,6-7,11,13-15,22,24H,1-2,4-5,8-10H2,(H,26,27)/t11?,13-,14?,15-/m0/s1. The third kappa shape index (κ3) is 4.86. The Kier molecular flexibility index (Phi) is 6.50. The molecule has 8 heteroatoms. The van der Waals surface area contributed by atoms with E-state index in [0.29, 0.717) is 48.8 Å². The van der Waals surface area contributed by atoms with Crippen LogP contribution in [0.15, 0.2) is 18.2 Å². The number of carboxylic acid groups (broad SMARTS) is 1. The molecular weight excluding hydrogens is 391 g/mol. The van der Waals surface area contributed by atoms with E-state index in [2.05, 4.69) is 5.32 Å². The van der Waals surface area contributed by atoms with Gasteiger partial charge in [-0.1, -0.05) is 29.3 Å². The summed E-state index contributed by atoms with van der Waals surface area (Å²) in [5.74, 6) is 0.0000414. The van der Waals surface area contributed by atoms with Gasteiger partial charge in [0.1, 0.15) is 0 Å². The zero-order valence-corrected chi connectivity index (χ0v) is 16.4. The molecule has 148 valence electrons. The van der Waals surface area contributed by atoms with Crippen LogP contribution in [0.2, 0.25) is 10.0 Å². The van der Waals surface area contributed by atoms with Crippen LogP contribution in [-0.4, -0.2) is 52.9 Å². The highest BCUT2D eigenvalue weighted by molar-refractivity contribution is 6.42. The zero-order valence-electron chi connectivity index (χ0n) is 14.9. The lowest BCUT2D eigenvalue weighted by Gasteiger charge is -2.28. The van der Waals surface area contributed by atoms with E-state index < -0.39 is 6.09 Å². The number of aliphatic hydroxyl groups is 1. The van der Waals surface area contributed by atoms with Crippen LogP contribution in [-0.2, 0) is 4.79 Å². The van der Waals surface area contributed by atoms with Gasteiger partial charge in [0, 0.05) is 37.4 Å². The number of nitrogens with one attached hydrogen (secondary N) is 1. The summed E-state index contributed by atoms with van der Waals surface area (Å²) in [7, 11) is 0. The fourth-order valence-electron chi connectivity index (χ4n) is 4.18. The number of rotatable bonds is 4. The summed E-state index contributed by atoms with van der Waals surface area (Å²) in [6.07, 6.45) is 1.34. The molecule has 1 saturated carbocycles. The van der Waals surface area contributed by atoms with Gasteiger partial charge in [-0.25, -0.2) is 4.79 Å². The van der Waals surface area contributed by atoms with Crippen LogP contribution in [0, 0.1) is 11.8 Å². The van der Waals surface area contributed by atoms with Crippen molar-refractivity contribution >= 4 is 35.2 Å². The SMILES string of the molecule is O=C(O)NC[C@H]1CN(C(=O)C2CCC(O)CC2)C[C@H]1c1ccc(Cl)c(Cl)c1. The minimum absolute atomic E-state index is 0.00949. The molecule has 0 radical (unpaired) electrons. The molecule has 0 aromatic heterocycles. The van der Waals surface area contributed by atoms with Crippen LogP contribution in [0.25, 0.3) is 0 Å². The molecule has 3 rings (SSSR count). The van der Waals surface area contributed by atoms with Crippen LogP contribution >= 0.6 is 23.2 Å². The van der Waals surface area contributed by atoms with Gasteiger partial charge in [-0.2, -0.15) is 0 Å². The first kappa shape index (κ1) is 20.2. The van der Waals surface area contributed by atoms with Crippen molar-refractivity contribution in [1.29, 1.82) is 0 Å². The largest absolute Gasteiger partial charge is 0.465 e. The molecule has 2 atom stereocenters. The highest BCUT2D eigenvalue weighted by Gasteiger charge is 2.39. The van der Waals surface area contributed by atoms with Crippen molar-refractivity contribution in [2.45, 2.75) is 37.7 Å². The number of hydrogen-bond acceptors (Lipinski definition) is 3. The molecule has 0 unspecified atom stereocenters. The van der Waals surface area contributed by atoms with E-state index in [-0.39, 0.29) is 36.3 Å². The molecule has 6 nitrogen and oxygen atoms in total. The summed E-state index contributed by atoms with van der Waals surface area (Å²) in [5.41, 5.74) is 0.955. The second kappa shape index (κ2) is 8.67. The Labute approximate surface area is 168 Å². The summed E-state index contributed by atoms with van der Waals surface area (Å²) in [6, 6.07) is 5.42. The molecule has 1 aromatic carbocycles. The van der Waals surface area contributed by atoms with Gasteiger partial charge in [0.05, 0.1) is 16.1 Å². The number of aliphatic hydroxyl groups excluding tert-OH is 1. The van der Waals surface area contributed by atoms with Crippen molar-refractivity contribution in [1.82, 2.24) is 10.2 Å². The normalized spacial score (nSPS) is 28.2. The maximum atomic E-state index is 12.9. The van der Waals surface area contributed by atoms with Gasteiger partial charge in [-0.05, 0) is 43.4 Å². The van der Waals surface area contributed by atoms with Gasteiger partial charge in [0.15, 0.2) is 0 Å². The second-order valence-corrected chi connectivity index (χ2v) is 8.29. The third-order valence-corrected chi connectivity index (χ3v) is 6.42. The monoisotopic (exact) mass is 414 g/mol. The Morgan fingerprint density at radius 2 is 1.81 bits per heavy atom. The van der Waals surface area contributed by atoms with E-state index in [1.807, 2.05) is 11.0 Å². The van der Waals surface area contributed by atoms with Crippen molar-refractivity contribution < 1.29 is 19.8 Å². The van der Waals surface area contributed by atoms with E-state index in [0.717, 1.165) is 5.56 Å². The lowest BCUT2D eigenvalue weighted by atomic mass is 9.86.